The van der Waals surface area contributed by atoms with Crippen molar-refractivity contribution in [1.29, 1.82) is 0 Å². The highest BCUT2D eigenvalue weighted by Crippen LogP contribution is 2.50. The third kappa shape index (κ3) is 4.06. The van der Waals surface area contributed by atoms with Crippen LogP contribution in [0, 0.1) is 10.1 Å². The summed E-state index contributed by atoms with van der Waals surface area (Å²) >= 11 is 0. The molecule has 146 valence electrons. The second-order valence-electron chi connectivity index (χ2n) is 5.59. The molecule has 0 bridgehead atoms. The van der Waals surface area contributed by atoms with E-state index in [2.05, 4.69) is 0 Å². The van der Waals surface area contributed by atoms with Crippen molar-refractivity contribution < 1.29 is 41.2 Å². The van der Waals surface area contributed by atoms with Gasteiger partial charge in [0.1, 0.15) is 0 Å². The Morgan fingerprint density at radius 1 is 1.15 bits per heavy atom. The van der Waals surface area contributed by atoms with Gasteiger partial charge in [-0.15, -0.1) is 0 Å². The second kappa shape index (κ2) is 7.09. The quantitative estimate of drug-likeness (QED) is 0.478. The Morgan fingerprint density at radius 3 is 2.04 bits per heavy atom. The van der Waals surface area contributed by atoms with E-state index in [1.54, 1.807) is 0 Å². The monoisotopic (exact) mass is 388 g/mol. The molecular weight excluding hydrogens is 374 g/mol. The molecule has 1 rings (SSSR count). The summed E-state index contributed by atoms with van der Waals surface area (Å²) in [6.45, 7) is 0. The van der Waals surface area contributed by atoms with Crippen LogP contribution in [0.2, 0.25) is 0 Å². The Labute approximate surface area is 143 Å². The van der Waals surface area contributed by atoms with E-state index in [0.29, 0.717) is 12.1 Å². The van der Waals surface area contributed by atoms with Gasteiger partial charge in [-0.2, -0.15) is 26.3 Å². The number of amides is 1. The maximum Gasteiger partial charge on any atom is 0.430 e. The molecule has 0 spiro atoms. The predicted molar refractivity (Wildman–Crippen MR) is 76.1 cm³/mol. The number of carbonyl (C=O) groups is 1. The Morgan fingerprint density at radius 2 is 1.65 bits per heavy atom. The van der Waals surface area contributed by atoms with Crippen molar-refractivity contribution in [3.8, 4) is 0 Å². The number of carbonyl (C=O) groups excluding carboxylic acids is 1. The van der Waals surface area contributed by atoms with Crippen LogP contribution in [0.5, 0.6) is 0 Å². The van der Waals surface area contributed by atoms with E-state index in [1.165, 1.54) is 19.0 Å². The summed E-state index contributed by atoms with van der Waals surface area (Å²) in [5, 5.41) is 20.4. The standard InChI is InChI=1S/C14H14F6N2O4/c1-21(2)11(23)6-4-8-3-5-9(7-10(8)22(25)26)12(24,13(15,16)17)14(18,19)20/h3,5,7,24H,4,6H2,1-2H3. The van der Waals surface area contributed by atoms with Crippen LogP contribution in [-0.2, 0) is 16.8 Å². The first-order chi connectivity index (χ1) is 11.6. The zero-order valence-electron chi connectivity index (χ0n) is 13.5. The molecule has 1 N–H and O–H groups in total. The summed E-state index contributed by atoms with van der Waals surface area (Å²) in [5.74, 6) is -0.439. The first kappa shape index (κ1) is 21.7. The number of nitro groups is 1. The molecule has 1 amide bonds. The van der Waals surface area contributed by atoms with Crippen molar-refractivity contribution >= 4 is 11.6 Å². The van der Waals surface area contributed by atoms with Crippen molar-refractivity contribution in [2.75, 3.05) is 14.1 Å². The predicted octanol–water partition coefficient (Wildman–Crippen LogP) is 2.93. The van der Waals surface area contributed by atoms with Crippen molar-refractivity contribution in [3.05, 3.63) is 39.4 Å². The van der Waals surface area contributed by atoms with Gasteiger partial charge in [0, 0.05) is 37.7 Å². The third-order valence-corrected chi connectivity index (χ3v) is 3.63. The van der Waals surface area contributed by atoms with Gasteiger partial charge in [-0.25, -0.2) is 0 Å². The number of aliphatic hydroxyl groups is 1. The molecule has 0 aliphatic rings. The highest BCUT2D eigenvalue weighted by Gasteiger charge is 2.71. The van der Waals surface area contributed by atoms with E-state index in [1.807, 2.05) is 0 Å². The number of hydrogen-bond donors (Lipinski definition) is 1. The van der Waals surface area contributed by atoms with Crippen LogP contribution in [-0.4, -0.2) is 47.3 Å². The van der Waals surface area contributed by atoms with Crippen LogP contribution >= 0.6 is 0 Å². The van der Waals surface area contributed by atoms with Crippen LogP contribution in [0.1, 0.15) is 17.5 Å². The minimum absolute atomic E-state index is 0.0243. The van der Waals surface area contributed by atoms with E-state index >= 15 is 0 Å². The molecule has 0 heterocycles. The molecule has 0 aliphatic carbocycles. The number of aryl methyl sites for hydroxylation is 1. The molecule has 0 atom stereocenters. The second-order valence-corrected chi connectivity index (χ2v) is 5.59. The molecular formula is C14H14F6N2O4. The largest absolute Gasteiger partial charge is 0.430 e. The maximum absolute atomic E-state index is 12.9. The molecule has 26 heavy (non-hydrogen) atoms. The molecule has 1 aromatic rings. The van der Waals surface area contributed by atoms with Gasteiger partial charge in [-0.05, 0) is 6.42 Å². The molecule has 0 aliphatic heterocycles. The molecule has 0 unspecified atom stereocenters. The van der Waals surface area contributed by atoms with Gasteiger partial charge >= 0.3 is 12.4 Å². The lowest BCUT2D eigenvalue weighted by Gasteiger charge is -2.32. The molecule has 0 saturated heterocycles. The summed E-state index contributed by atoms with van der Waals surface area (Å²) in [6.07, 6.45) is -12.8. The smallest absolute Gasteiger partial charge is 0.369 e. The van der Waals surface area contributed by atoms with Gasteiger partial charge in [0.25, 0.3) is 11.3 Å². The SMILES string of the molecule is CN(C)C(=O)CCc1ccc(C(O)(C(F)(F)F)C(F)(F)F)cc1[N+](=O)[O-]. The fourth-order valence-corrected chi connectivity index (χ4v) is 2.12. The number of alkyl halides is 6. The van der Waals surface area contributed by atoms with E-state index < -0.39 is 40.0 Å². The molecule has 1 aromatic carbocycles. The lowest BCUT2D eigenvalue weighted by atomic mass is 9.90. The summed E-state index contributed by atoms with van der Waals surface area (Å²) in [4.78, 5) is 22.5. The van der Waals surface area contributed by atoms with Crippen molar-refractivity contribution in [1.82, 2.24) is 4.90 Å². The zero-order valence-corrected chi connectivity index (χ0v) is 13.5. The zero-order chi connectivity index (χ0) is 20.5. The Bertz CT molecular complexity index is 686. The number of rotatable bonds is 5. The first-order valence-corrected chi connectivity index (χ1v) is 6.96. The van der Waals surface area contributed by atoms with Gasteiger partial charge in [-0.3, -0.25) is 14.9 Å². The Hall–Kier alpha value is -2.37. The van der Waals surface area contributed by atoms with Gasteiger partial charge < -0.3 is 10.0 Å². The van der Waals surface area contributed by atoms with E-state index in [-0.39, 0.29) is 24.5 Å². The number of halogens is 6. The fourth-order valence-electron chi connectivity index (χ4n) is 2.12. The third-order valence-electron chi connectivity index (χ3n) is 3.63. The Kier molecular flexibility index (Phi) is 5.91. The number of nitrogens with zero attached hydrogens (tertiary/aromatic N) is 2. The fraction of sp³-hybridized carbons (Fsp3) is 0.500. The highest BCUT2D eigenvalue weighted by atomic mass is 19.4. The minimum atomic E-state index is -6.15. The normalized spacial score (nSPS) is 12.8. The van der Waals surface area contributed by atoms with E-state index in [4.69, 9.17) is 0 Å². The van der Waals surface area contributed by atoms with Gasteiger partial charge in [0.2, 0.25) is 5.91 Å². The van der Waals surface area contributed by atoms with Gasteiger partial charge in [-0.1, -0.05) is 12.1 Å². The van der Waals surface area contributed by atoms with Gasteiger partial charge in [0.05, 0.1) is 4.92 Å². The lowest BCUT2D eigenvalue weighted by molar-refractivity contribution is -0.387. The lowest BCUT2D eigenvalue weighted by Crippen LogP contribution is -2.53. The summed E-state index contributed by atoms with van der Waals surface area (Å²) in [7, 11) is 2.82. The van der Waals surface area contributed by atoms with Crippen LogP contribution < -0.4 is 0 Å². The Balaban J connectivity index is 3.42. The highest BCUT2D eigenvalue weighted by molar-refractivity contribution is 5.76. The summed E-state index contributed by atoms with van der Waals surface area (Å²) in [5.41, 5.74) is -8.28. The topological polar surface area (TPSA) is 83.7 Å². The number of benzene rings is 1. The molecule has 0 aromatic heterocycles. The number of hydrogen-bond acceptors (Lipinski definition) is 4. The van der Waals surface area contributed by atoms with Crippen LogP contribution in [0.25, 0.3) is 0 Å². The molecule has 0 saturated carbocycles. The summed E-state index contributed by atoms with van der Waals surface area (Å²) in [6, 6.07) is 0.999. The average molecular weight is 388 g/mol. The van der Waals surface area contributed by atoms with Crippen LogP contribution in [0.4, 0.5) is 32.0 Å². The molecule has 6 nitrogen and oxygen atoms in total. The van der Waals surface area contributed by atoms with E-state index in [9.17, 15) is 46.4 Å². The minimum Gasteiger partial charge on any atom is -0.369 e. The van der Waals surface area contributed by atoms with Gasteiger partial charge in [0.15, 0.2) is 0 Å². The van der Waals surface area contributed by atoms with Crippen molar-refractivity contribution in [2.24, 2.45) is 0 Å². The van der Waals surface area contributed by atoms with Crippen molar-refractivity contribution in [3.63, 3.8) is 0 Å². The molecule has 0 radical (unpaired) electrons. The number of nitro benzene ring substituents is 1. The summed E-state index contributed by atoms with van der Waals surface area (Å²) < 4.78 is 77.2. The maximum atomic E-state index is 12.9. The average Bonchev–Trinajstić information content (AvgIpc) is 2.49. The molecule has 12 heteroatoms. The van der Waals surface area contributed by atoms with Crippen LogP contribution in [0.3, 0.4) is 0 Å². The van der Waals surface area contributed by atoms with E-state index in [0.717, 1.165) is 0 Å². The first-order valence-electron chi connectivity index (χ1n) is 6.96. The van der Waals surface area contributed by atoms with Crippen LogP contribution in [0.15, 0.2) is 18.2 Å². The van der Waals surface area contributed by atoms with Crippen molar-refractivity contribution in [2.45, 2.75) is 30.8 Å². The molecule has 0 fully saturated rings.